The average Bonchev–Trinajstić information content (AvgIpc) is 3.23. The summed E-state index contributed by atoms with van der Waals surface area (Å²) >= 11 is 1.79. The van der Waals surface area contributed by atoms with Gasteiger partial charge in [-0.1, -0.05) is 11.3 Å². The molecule has 2 aliphatic carbocycles. The molecule has 3 heterocycles. The van der Waals surface area contributed by atoms with Crippen molar-refractivity contribution in [2.45, 2.75) is 64.0 Å². The van der Waals surface area contributed by atoms with Gasteiger partial charge in [0.2, 0.25) is 0 Å². The van der Waals surface area contributed by atoms with Gasteiger partial charge < -0.3 is 0 Å². The second-order valence-corrected chi connectivity index (χ2v) is 9.11. The number of piperidine rings is 1. The lowest BCUT2D eigenvalue weighted by Gasteiger charge is -2.31. The molecule has 1 saturated heterocycles. The summed E-state index contributed by atoms with van der Waals surface area (Å²) in [5, 5.41) is 15.7. The number of rotatable bonds is 5. The van der Waals surface area contributed by atoms with E-state index in [0.29, 0.717) is 11.8 Å². The Kier molecular flexibility index (Phi) is 4.36. The van der Waals surface area contributed by atoms with E-state index >= 15 is 0 Å². The summed E-state index contributed by atoms with van der Waals surface area (Å²) in [5.41, 5.74) is 2.39. The van der Waals surface area contributed by atoms with Crippen LogP contribution in [0, 0.1) is 5.92 Å². The molecule has 6 nitrogen and oxygen atoms in total. The Bertz CT molecular complexity index is 848. The fourth-order valence-electron chi connectivity index (χ4n) is 4.16. The van der Waals surface area contributed by atoms with Crippen LogP contribution in [-0.2, 0) is 25.9 Å². The van der Waals surface area contributed by atoms with E-state index in [1.807, 2.05) is 6.07 Å². The standard InChI is InChI=1S/C19H25N5OS/c25-18-10-15-2-1-3-16(15)22-24(18)11-13-6-8-23(9-7-13)12-17-20-21-19(26-17)14-4-5-14/h10,13-14H,1-9,11-12H2. The number of aryl methyl sites for hydroxylation is 2. The van der Waals surface area contributed by atoms with E-state index < -0.39 is 0 Å². The van der Waals surface area contributed by atoms with Crippen molar-refractivity contribution >= 4 is 11.3 Å². The third-order valence-corrected chi connectivity index (χ3v) is 7.00. The largest absolute Gasteiger partial charge is 0.297 e. The van der Waals surface area contributed by atoms with Crippen LogP contribution in [0.3, 0.4) is 0 Å². The van der Waals surface area contributed by atoms with E-state index in [1.54, 1.807) is 16.0 Å². The van der Waals surface area contributed by atoms with E-state index in [1.165, 1.54) is 23.4 Å². The van der Waals surface area contributed by atoms with Crippen molar-refractivity contribution in [3.05, 3.63) is 37.7 Å². The van der Waals surface area contributed by atoms with Gasteiger partial charge in [-0.2, -0.15) is 5.10 Å². The number of hydrogen-bond acceptors (Lipinski definition) is 6. The lowest BCUT2D eigenvalue weighted by molar-refractivity contribution is 0.163. The molecule has 26 heavy (non-hydrogen) atoms. The Morgan fingerprint density at radius 3 is 2.77 bits per heavy atom. The predicted molar refractivity (Wildman–Crippen MR) is 100 cm³/mol. The zero-order valence-corrected chi connectivity index (χ0v) is 15.9. The van der Waals surface area contributed by atoms with Crippen LogP contribution in [-0.4, -0.2) is 38.0 Å². The highest BCUT2D eigenvalue weighted by molar-refractivity contribution is 7.11. The third-order valence-electron chi connectivity index (χ3n) is 5.93. The zero-order valence-electron chi connectivity index (χ0n) is 15.1. The van der Waals surface area contributed by atoms with E-state index in [9.17, 15) is 4.79 Å². The normalized spacial score (nSPS) is 21.2. The summed E-state index contributed by atoms with van der Waals surface area (Å²) in [7, 11) is 0. The molecule has 0 spiro atoms. The predicted octanol–water partition coefficient (Wildman–Crippen LogP) is 2.37. The van der Waals surface area contributed by atoms with Crippen LogP contribution in [0.1, 0.15) is 59.3 Å². The molecule has 0 aromatic carbocycles. The number of fused-ring (bicyclic) bond motifs is 1. The average molecular weight is 372 g/mol. The summed E-state index contributed by atoms with van der Waals surface area (Å²) < 4.78 is 1.72. The molecule has 0 amide bonds. The summed E-state index contributed by atoms with van der Waals surface area (Å²) in [6.07, 6.45) is 8.01. The van der Waals surface area contributed by atoms with Crippen LogP contribution in [0.2, 0.25) is 0 Å². The minimum Gasteiger partial charge on any atom is -0.297 e. The molecule has 0 unspecified atom stereocenters. The number of aromatic nitrogens is 4. The van der Waals surface area contributed by atoms with Crippen molar-refractivity contribution in [1.82, 2.24) is 24.9 Å². The highest BCUT2D eigenvalue weighted by Crippen LogP contribution is 2.41. The first-order valence-electron chi connectivity index (χ1n) is 9.89. The molecule has 0 bridgehead atoms. The summed E-state index contributed by atoms with van der Waals surface area (Å²) in [4.78, 5) is 14.8. The van der Waals surface area contributed by atoms with Crippen LogP contribution in [0.15, 0.2) is 10.9 Å². The molecule has 2 aromatic heterocycles. The van der Waals surface area contributed by atoms with E-state index in [0.717, 1.165) is 69.0 Å². The summed E-state index contributed by atoms with van der Waals surface area (Å²) in [5.74, 6) is 1.25. The molecule has 5 rings (SSSR count). The maximum absolute atomic E-state index is 12.3. The van der Waals surface area contributed by atoms with Gasteiger partial charge in [0.1, 0.15) is 10.0 Å². The molecule has 0 atom stereocenters. The maximum Gasteiger partial charge on any atom is 0.267 e. The van der Waals surface area contributed by atoms with Gasteiger partial charge >= 0.3 is 0 Å². The number of nitrogens with zero attached hydrogens (tertiary/aromatic N) is 5. The van der Waals surface area contributed by atoms with Crippen molar-refractivity contribution in [2.24, 2.45) is 5.92 Å². The topological polar surface area (TPSA) is 63.9 Å². The van der Waals surface area contributed by atoms with Gasteiger partial charge in [-0.25, -0.2) is 4.68 Å². The van der Waals surface area contributed by atoms with Crippen molar-refractivity contribution in [3.63, 3.8) is 0 Å². The third kappa shape index (κ3) is 3.47. The highest BCUT2D eigenvalue weighted by Gasteiger charge is 2.28. The summed E-state index contributed by atoms with van der Waals surface area (Å²) in [6.45, 7) is 3.84. The SMILES string of the molecule is O=c1cc2c(nn1CC1CCN(Cc3nnc(C4CC4)s3)CC1)CCC2. The fourth-order valence-corrected chi connectivity index (χ4v) is 5.21. The van der Waals surface area contributed by atoms with Crippen LogP contribution < -0.4 is 5.56 Å². The van der Waals surface area contributed by atoms with Crippen molar-refractivity contribution in [2.75, 3.05) is 13.1 Å². The lowest BCUT2D eigenvalue weighted by atomic mass is 9.97. The van der Waals surface area contributed by atoms with Crippen molar-refractivity contribution in [3.8, 4) is 0 Å². The molecule has 0 radical (unpaired) electrons. The van der Waals surface area contributed by atoms with E-state index in [2.05, 4.69) is 20.2 Å². The molecule has 138 valence electrons. The van der Waals surface area contributed by atoms with Gasteiger partial charge in [-0.05, 0) is 69.5 Å². The smallest absolute Gasteiger partial charge is 0.267 e. The Balaban J connectivity index is 1.16. The monoisotopic (exact) mass is 371 g/mol. The van der Waals surface area contributed by atoms with Crippen LogP contribution in [0.4, 0.5) is 0 Å². The fraction of sp³-hybridized carbons (Fsp3) is 0.684. The van der Waals surface area contributed by atoms with E-state index in [4.69, 9.17) is 0 Å². The molecule has 2 fully saturated rings. The van der Waals surface area contributed by atoms with Crippen molar-refractivity contribution < 1.29 is 0 Å². The van der Waals surface area contributed by atoms with Crippen LogP contribution >= 0.6 is 11.3 Å². The Morgan fingerprint density at radius 2 is 1.96 bits per heavy atom. The molecule has 7 heteroatoms. The van der Waals surface area contributed by atoms with Gasteiger partial charge in [-0.15, -0.1) is 10.2 Å². The van der Waals surface area contributed by atoms with Gasteiger partial charge in [0.25, 0.3) is 5.56 Å². The van der Waals surface area contributed by atoms with Gasteiger partial charge in [-0.3, -0.25) is 9.69 Å². The van der Waals surface area contributed by atoms with Gasteiger partial charge in [0, 0.05) is 18.5 Å². The second-order valence-electron chi connectivity index (χ2n) is 8.02. The highest BCUT2D eigenvalue weighted by atomic mass is 32.1. The Morgan fingerprint density at radius 1 is 1.12 bits per heavy atom. The minimum absolute atomic E-state index is 0.0783. The van der Waals surface area contributed by atoms with Crippen LogP contribution in [0.25, 0.3) is 0 Å². The first-order valence-corrected chi connectivity index (χ1v) is 10.7. The molecule has 1 saturated carbocycles. The first kappa shape index (κ1) is 16.6. The van der Waals surface area contributed by atoms with Gasteiger partial charge in [0.05, 0.1) is 12.2 Å². The van der Waals surface area contributed by atoms with Gasteiger partial charge in [0.15, 0.2) is 0 Å². The molecule has 2 aromatic rings. The molecule has 0 N–H and O–H groups in total. The molecule has 3 aliphatic rings. The lowest BCUT2D eigenvalue weighted by Crippen LogP contribution is -2.36. The summed E-state index contributed by atoms with van der Waals surface area (Å²) in [6, 6.07) is 1.82. The van der Waals surface area contributed by atoms with Crippen molar-refractivity contribution in [1.29, 1.82) is 0 Å². The van der Waals surface area contributed by atoms with E-state index in [-0.39, 0.29) is 5.56 Å². The zero-order chi connectivity index (χ0) is 17.5. The molecule has 1 aliphatic heterocycles. The number of hydrogen-bond donors (Lipinski definition) is 0. The minimum atomic E-state index is 0.0783. The first-order chi connectivity index (χ1) is 12.7. The maximum atomic E-state index is 12.3. The molecular weight excluding hydrogens is 346 g/mol. The molecular formula is C19H25N5OS. The number of likely N-dealkylation sites (tertiary alicyclic amines) is 1. The van der Waals surface area contributed by atoms with Crippen LogP contribution in [0.5, 0.6) is 0 Å². The Labute approximate surface area is 157 Å². The second kappa shape index (κ2) is 6.85. The Hall–Kier alpha value is -1.60. The quantitative estimate of drug-likeness (QED) is 0.807.